The van der Waals surface area contributed by atoms with Crippen LogP contribution < -0.4 is 10.5 Å². The smallest absolute Gasteiger partial charge is 0.170 e. The first kappa shape index (κ1) is 15.3. The van der Waals surface area contributed by atoms with Gasteiger partial charge in [0.05, 0.1) is 6.61 Å². The van der Waals surface area contributed by atoms with Crippen molar-refractivity contribution < 1.29 is 19.4 Å². The van der Waals surface area contributed by atoms with Crippen LogP contribution in [0.4, 0.5) is 0 Å². The van der Waals surface area contributed by atoms with Crippen molar-refractivity contribution in [3.05, 3.63) is 29.8 Å². The molecule has 6 nitrogen and oxygen atoms in total. The first-order valence-electron chi connectivity index (χ1n) is 6.05. The van der Waals surface area contributed by atoms with Crippen molar-refractivity contribution >= 4 is 5.84 Å². The predicted octanol–water partition coefficient (Wildman–Crippen LogP) is 1.21. The summed E-state index contributed by atoms with van der Waals surface area (Å²) in [6, 6.07) is 6.98. The Bertz CT molecular complexity index is 379. The highest BCUT2D eigenvalue weighted by Crippen LogP contribution is 2.11. The van der Waals surface area contributed by atoms with E-state index in [4.69, 9.17) is 25.2 Å². The lowest BCUT2D eigenvalue weighted by molar-refractivity contribution is 0.0806. The van der Waals surface area contributed by atoms with Gasteiger partial charge >= 0.3 is 0 Å². The number of nitrogens with two attached hydrogens (primary N) is 1. The zero-order chi connectivity index (χ0) is 13.9. The molecule has 0 unspecified atom stereocenters. The fourth-order valence-corrected chi connectivity index (χ4v) is 1.41. The van der Waals surface area contributed by atoms with Crippen molar-refractivity contribution in [1.29, 1.82) is 0 Å². The highest BCUT2D eigenvalue weighted by Gasteiger charge is 1.99. The molecule has 0 atom stereocenters. The molecule has 0 amide bonds. The Kier molecular flexibility index (Phi) is 7.38. The van der Waals surface area contributed by atoms with Crippen LogP contribution in [0.25, 0.3) is 0 Å². The molecule has 1 rings (SSSR count). The Balaban J connectivity index is 2.19. The molecule has 0 radical (unpaired) electrons. The van der Waals surface area contributed by atoms with Crippen LogP contribution in [0.1, 0.15) is 12.0 Å². The van der Waals surface area contributed by atoms with E-state index < -0.39 is 0 Å². The standard InChI is InChI=1S/C13H20N2O4/c1-17-7-2-8-18-9-10-19-12-5-3-11(4-6-12)13(14)15-16/h3-6,16H,2,7-10H2,1H3,(H2,14,15). The molecule has 0 bridgehead atoms. The molecule has 106 valence electrons. The predicted molar refractivity (Wildman–Crippen MR) is 71.8 cm³/mol. The minimum Gasteiger partial charge on any atom is -0.491 e. The average molecular weight is 268 g/mol. The van der Waals surface area contributed by atoms with E-state index in [1.165, 1.54) is 0 Å². The number of methoxy groups -OCH3 is 1. The minimum atomic E-state index is 0.0769. The summed E-state index contributed by atoms with van der Waals surface area (Å²) in [7, 11) is 1.67. The number of rotatable bonds is 9. The van der Waals surface area contributed by atoms with Crippen LogP contribution in [0.3, 0.4) is 0 Å². The maximum atomic E-state index is 8.53. The molecule has 0 aromatic heterocycles. The zero-order valence-corrected chi connectivity index (χ0v) is 11.0. The van der Waals surface area contributed by atoms with Gasteiger partial charge in [0.1, 0.15) is 12.4 Å². The Morgan fingerprint density at radius 2 is 1.89 bits per heavy atom. The van der Waals surface area contributed by atoms with Gasteiger partial charge in [-0.15, -0.1) is 0 Å². The molecular weight excluding hydrogens is 248 g/mol. The quantitative estimate of drug-likeness (QED) is 0.231. The van der Waals surface area contributed by atoms with Gasteiger partial charge in [0.15, 0.2) is 5.84 Å². The maximum absolute atomic E-state index is 8.53. The molecule has 1 aromatic rings. The highest BCUT2D eigenvalue weighted by atomic mass is 16.5. The third-order valence-electron chi connectivity index (χ3n) is 2.39. The van der Waals surface area contributed by atoms with E-state index in [2.05, 4.69) is 5.16 Å². The summed E-state index contributed by atoms with van der Waals surface area (Å²) < 4.78 is 15.7. The van der Waals surface area contributed by atoms with Gasteiger partial charge in [-0.25, -0.2) is 0 Å². The second-order valence-corrected chi connectivity index (χ2v) is 3.82. The Hall–Kier alpha value is -1.79. The van der Waals surface area contributed by atoms with Gasteiger partial charge in [-0.1, -0.05) is 5.16 Å². The molecule has 0 saturated carbocycles. The zero-order valence-electron chi connectivity index (χ0n) is 11.0. The number of ether oxygens (including phenoxy) is 3. The van der Waals surface area contributed by atoms with E-state index in [9.17, 15) is 0 Å². The summed E-state index contributed by atoms with van der Waals surface area (Å²) >= 11 is 0. The normalized spacial score (nSPS) is 11.5. The fourth-order valence-electron chi connectivity index (χ4n) is 1.41. The number of oxime groups is 1. The molecular formula is C13H20N2O4. The maximum Gasteiger partial charge on any atom is 0.170 e. The summed E-state index contributed by atoms with van der Waals surface area (Å²) in [6.45, 7) is 2.39. The van der Waals surface area contributed by atoms with Gasteiger partial charge in [-0.05, 0) is 30.7 Å². The van der Waals surface area contributed by atoms with Crippen LogP contribution in [-0.4, -0.2) is 44.6 Å². The summed E-state index contributed by atoms with van der Waals surface area (Å²) in [4.78, 5) is 0. The molecule has 0 fully saturated rings. The van der Waals surface area contributed by atoms with Crippen molar-refractivity contribution in [2.24, 2.45) is 10.9 Å². The van der Waals surface area contributed by atoms with E-state index in [1.807, 2.05) is 0 Å². The first-order chi connectivity index (χ1) is 9.27. The third-order valence-corrected chi connectivity index (χ3v) is 2.39. The summed E-state index contributed by atoms with van der Waals surface area (Å²) in [6.07, 6.45) is 0.880. The highest BCUT2D eigenvalue weighted by molar-refractivity contribution is 5.97. The summed E-state index contributed by atoms with van der Waals surface area (Å²) in [5, 5.41) is 11.4. The van der Waals surface area contributed by atoms with Crippen LogP contribution in [0.5, 0.6) is 5.75 Å². The van der Waals surface area contributed by atoms with Crippen LogP contribution in [-0.2, 0) is 9.47 Å². The SMILES string of the molecule is COCCCOCCOc1ccc(/C(N)=N/O)cc1. The molecule has 0 saturated heterocycles. The van der Waals surface area contributed by atoms with Gasteiger partial charge in [0.2, 0.25) is 0 Å². The lowest BCUT2D eigenvalue weighted by Crippen LogP contribution is -2.13. The van der Waals surface area contributed by atoms with Gasteiger partial charge in [-0.3, -0.25) is 0 Å². The van der Waals surface area contributed by atoms with Crippen LogP contribution in [0.2, 0.25) is 0 Å². The molecule has 0 aliphatic carbocycles. The van der Waals surface area contributed by atoms with Crippen LogP contribution in [0.15, 0.2) is 29.4 Å². The number of nitrogens with zero attached hydrogens (tertiary/aromatic N) is 1. The van der Waals surface area contributed by atoms with E-state index in [1.54, 1.807) is 31.4 Å². The number of hydrogen-bond acceptors (Lipinski definition) is 5. The van der Waals surface area contributed by atoms with E-state index in [0.717, 1.165) is 12.2 Å². The number of benzene rings is 1. The summed E-state index contributed by atoms with van der Waals surface area (Å²) in [5.74, 6) is 0.794. The molecule has 6 heteroatoms. The van der Waals surface area contributed by atoms with E-state index in [0.29, 0.717) is 32.0 Å². The molecule has 0 aliphatic heterocycles. The lowest BCUT2D eigenvalue weighted by Gasteiger charge is -2.07. The van der Waals surface area contributed by atoms with Crippen LogP contribution in [0, 0.1) is 0 Å². The third kappa shape index (κ3) is 6.08. The van der Waals surface area contributed by atoms with Crippen molar-refractivity contribution in [3.63, 3.8) is 0 Å². The Morgan fingerprint density at radius 1 is 1.16 bits per heavy atom. The van der Waals surface area contributed by atoms with Gasteiger partial charge in [0.25, 0.3) is 0 Å². The Morgan fingerprint density at radius 3 is 2.53 bits per heavy atom. The van der Waals surface area contributed by atoms with Crippen molar-refractivity contribution in [2.45, 2.75) is 6.42 Å². The Labute approximate surface area is 112 Å². The molecule has 0 heterocycles. The van der Waals surface area contributed by atoms with Gasteiger partial charge in [0, 0.05) is 25.9 Å². The molecule has 3 N–H and O–H groups in total. The monoisotopic (exact) mass is 268 g/mol. The topological polar surface area (TPSA) is 86.3 Å². The average Bonchev–Trinajstić information content (AvgIpc) is 2.46. The first-order valence-corrected chi connectivity index (χ1v) is 6.05. The van der Waals surface area contributed by atoms with Crippen molar-refractivity contribution in [2.75, 3.05) is 33.5 Å². The molecule has 19 heavy (non-hydrogen) atoms. The van der Waals surface area contributed by atoms with E-state index >= 15 is 0 Å². The molecule has 0 aliphatic rings. The largest absolute Gasteiger partial charge is 0.491 e. The van der Waals surface area contributed by atoms with Crippen molar-refractivity contribution in [1.82, 2.24) is 0 Å². The molecule has 1 aromatic carbocycles. The second-order valence-electron chi connectivity index (χ2n) is 3.82. The summed E-state index contributed by atoms with van der Waals surface area (Å²) in [5.41, 5.74) is 6.10. The lowest BCUT2D eigenvalue weighted by atomic mass is 10.2. The number of amidine groups is 1. The molecule has 0 spiro atoms. The van der Waals surface area contributed by atoms with E-state index in [-0.39, 0.29) is 5.84 Å². The second kappa shape index (κ2) is 9.18. The van der Waals surface area contributed by atoms with Gasteiger partial charge in [-0.2, -0.15) is 0 Å². The van der Waals surface area contributed by atoms with Crippen LogP contribution >= 0.6 is 0 Å². The van der Waals surface area contributed by atoms with Gasteiger partial charge < -0.3 is 25.2 Å². The van der Waals surface area contributed by atoms with Crippen molar-refractivity contribution in [3.8, 4) is 5.75 Å². The fraction of sp³-hybridized carbons (Fsp3) is 0.462. The minimum absolute atomic E-state index is 0.0769. The number of hydrogen-bond donors (Lipinski definition) is 2.